The molecule has 0 aromatic rings. The van der Waals surface area contributed by atoms with Gasteiger partial charge >= 0.3 is 0 Å². The molecule has 0 saturated carbocycles. The lowest BCUT2D eigenvalue weighted by atomic mass is 10.7. The van der Waals surface area contributed by atoms with Gasteiger partial charge in [-0.05, 0) is 18.3 Å². The maximum Gasteiger partial charge on any atom is 0.149 e. The van der Waals surface area contributed by atoms with Crippen LogP contribution in [0.2, 0.25) is 0 Å². The van der Waals surface area contributed by atoms with Gasteiger partial charge < -0.3 is 5.32 Å². The topological polar surface area (TPSA) is 41.5 Å². The van der Waals surface area contributed by atoms with Crippen molar-refractivity contribution < 1.29 is 0 Å². The van der Waals surface area contributed by atoms with Crippen LogP contribution in [0, 0.1) is 4.91 Å². The Morgan fingerprint density at radius 2 is 2.57 bits per heavy atom. The van der Waals surface area contributed by atoms with Gasteiger partial charge in [0.25, 0.3) is 0 Å². The van der Waals surface area contributed by atoms with E-state index in [9.17, 15) is 4.91 Å². The third-order valence-electron chi connectivity index (χ3n) is 0.440. The van der Waals surface area contributed by atoms with Gasteiger partial charge in [-0.15, -0.1) is 4.91 Å². The van der Waals surface area contributed by atoms with Crippen LogP contribution in [0.15, 0.2) is 17.5 Å². The van der Waals surface area contributed by atoms with Crippen LogP contribution < -0.4 is 5.32 Å². The fourth-order valence-corrected chi connectivity index (χ4v) is 0.208. The Labute approximate surface area is 42.4 Å². The maximum atomic E-state index is 9.33. The number of nitrogens with one attached hydrogen (secondary N) is 1. The molecule has 0 saturated heterocycles. The Kier molecular flexibility index (Phi) is 4.51. The monoisotopic (exact) mass is 100 g/mol. The van der Waals surface area contributed by atoms with Gasteiger partial charge in [0, 0.05) is 0 Å². The first-order chi connectivity index (χ1) is 3.41. The number of nitroso groups, excluding NO2 is 1. The summed E-state index contributed by atoms with van der Waals surface area (Å²) in [7, 11) is 0. The second kappa shape index (κ2) is 5.14. The number of nitrogens with zero attached hydrogens (tertiary/aromatic N) is 1. The Balaban J connectivity index is 2.82. The molecule has 0 spiro atoms. The van der Waals surface area contributed by atoms with Gasteiger partial charge in [0.05, 0.1) is 0 Å². The Morgan fingerprint density at radius 3 is 3.00 bits per heavy atom. The summed E-state index contributed by atoms with van der Waals surface area (Å²) >= 11 is 0. The molecule has 0 atom stereocenters. The van der Waals surface area contributed by atoms with Crippen LogP contribution in [0.3, 0.4) is 0 Å². The van der Waals surface area contributed by atoms with Crippen molar-refractivity contribution in [1.29, 1.82) is 0 Å². The predicted molar refractivity (Wildman–Crippen MR) is 28.6 cm³/mol. The zero-order valence-electron chi connectivity index (χ0n) is 4.22. The van der Waals surface area contributed by atoms with Crippen molar-refractivity contribution in [2.24, 2.45) is 5.18 Å². The summed E-state index contributed by atoms with van der Waals surface area (Å²) < 4.78 is 0. The van der Waals surface area contributed by atoms with E-state index in [1.807, 2.05) is 6.92 Å². The van der Waals surface area contributed by atoms with E-state index in [1.165, 1.54) is 0 Å². The molecular weight excluding hydrogens is 92.1 g/mol. The second-order valence-electron chi connectivity index (χ2n) is 0.991. The van der Waals surface area contributed by atoms with Crippen LogP contribution in [0.5, 0.6) is 0 Å². The molecule has 0 aromatic carbocycles. The van der Waals surface area contributed by atoms with Gasteiger partial charge in [-0.25, -0.2) is 0 Å². The smallest absolute Gasteiger partial charge is 0.149 e. The highest BCUT2D eigenvalue weighted by atomic mass is 16.3. The molecule has 0 bridgehead atoms. The lowest BCUT2D eigenvalue weighted by Gasteiger charge is -1.84. The highest BCUT2D eigenvalue weighted by Gasteiger charge is 1.67. The molecule has 3 nitrogen and oxygen atoms in total. The Morgan fingerprint density at radius 1 is 1.86 bits per heavy atom. The van der Waals surface area contributed by atoms with E-state index < -0.39 is 0 Å². The lowest BCUT2D eigenvalue weighted by Crippen LogP contribution is -2.01. The van der Waals surface area contributed by atoms with Crippen LogP contribution in [0.4, 0.5) is 0 Å². The van der Waals surface area contributed by atoms with Gasteiger partial charge in [-0.3, -0.25) is 0 Å². The molecule has 0 rings (SSSR count). The highest BCUT2D eigenvalue weighted by molar-refractivity contribution is 4.72. The Hall–Kier alpha value is -0.860. The van der Waals surface area contributed by atoms with Gasteiger partial charge in [-0.1, -0.05) is 6.08 Å². The van der Waals surface area contributed by atoms with Crippen molar-refractivity contribution >= 4 is 0 Å². The molecule has 1 N–H and O–H groups in total. The summed E-state index contributed by atoms with van der Waals surface area (Å²) in [5.41, 5.74) is 0. The van der Waals surface area contributed by atoms with Crippen molar-refractivity contribution in [3.05, 3.63) is 17.2 Å². The highest BCUT2D eigenvalue weighted by Crippen LogP contribution is 1.62. The maximum absolute atomic E-state index is 9.33. The molecule has 0 aliphatic rings. The van der Waals surface area contributed by atoms with Gasteiger partial charge in [0.2, 0.25) is 0 Å². The third kappa shape index (κ3) is 5.14. The van der Waals surface area contributed by atoms with Gasteiger partial charge in [0.15, 0.2) is 0 Å². The molecule has 0 aliphatic heterocycles. The zero-order valence-corrected chi connectivity index (χ0v) is 4.22. The minimum Gasteiger partial charge on any atom is -0.370 e. The van der Waals surface area contributed by atoms with Crippen LogP contribution in [0.1, 0.15) is 6.92 Å². The van der Waals surface area contributed by atoms with Crippen molar-refractivity contribution in [3.63, 3.8) is 0 Å². The van der Waals surface area contributed by atoms with Crippen LogP contribution in [-0.2, 0) is 0 Å². The summed E-state index contributed by atoms with van der Waals surface area (Å²) in [5.74, 6) is 0. The Bertz CT molecular complexity index is 70.1. The largest absolute Gasteiger partial charge is 0.370 e. The average molecular weight is 100 g/mol. The van der Waals surface area contributed by atoms with Crippen LogP contribution in [0.25, 0.3) is 0 Å². The second-order valence-corrected chi connectivity index (χ2v) is 0.991. The summed E-state index contributed by atoms with van der Waals surface area (Å²) in [6.07, 6.45) is 3.46. The summed E-state index contributed by atoms with van der Waals surface area (Å²) in [5, 5.41) is 5.19. The number of hydrogen-bond donors (Lipinski definition) is 1. The van der Waals surface area contributed by atoms with E-state index in [-0.39, 0.29) is 6.67 Å². The zero-order chi connectivity index (χ0) is 5.54. The minimum atomic E-state index is 0.157. The van der Waals surface area contributed by atoms with Crippen molar-refractivity contribution in [2.75, 3.05) is 6.67 Å². The summed E-state index contributed by atoms with van der Waals surface area (Å²) in [6, 6.07) is 0. The predicted octanol–water partition coefficient (Wildman–Crippen LogP) is 0.833. The lowest BCUT2D eigenvalue weighted by molar-refractivity contribution is 0.876. The van der Waals surface area contributed by atoms with E-state index in [1.54, 1.807) is 12.3 Å². The quantitative estimate of drug-likeness (QED) is 0.421. The van der Waals surface area contributed by atoms with Crippen molar-refractivity contribution in [2.45, 2.75) is 6.92 Å². The summed E-state index contributed by atoms with van der Waals surface area (Å²) in [6.45, 7) is 2.02. The molecule has 0 aromatic heterocycles. The fraction of sp³-hybridized carbons (Fsp3) is 0.500. The van der Waals surface area contributed by atoms with Crippen LogP contribution in [-0.4, -0.2) is 6.67 Å². The van der Waals surface area contributed by atoms with Crippen molar-refractivity contribution in [3.8, 4) is 0 Å². The van der Waals surface area contributed by atoms with Crippen LogP contribution >= 0.6 is 0 Å². The normalized spacial score (nSPS) is 9.29. The molecular formula is C4H8N2O. The van der Waals surface area contributed by atoms with Crippen molar-refractivity contribution in [1.82, 2.24) is 5.32 Å². The SMILES string of the molecule is C/C=C\NCN=O. The van der Waals surface area contributed by atoms with Gasteiger partial charge in [-0.2, -0.15) is 0 Å². The van der Waals surface area contributed by atoms with E-state index in [2.05, 4.69) is 10.5 Å². The van der Waals surface area contributed by atoms with E-state index in [0.29, 0.717) is 0 Å². The third-order valence-corrected chi connectivity index (χ3v) is 0.440. The summed E-state index contributed by atoms with van der Waals surface area (Å²) in [4.78, 5) is 9.33. The average Bonchev–Trinajstić information content (AvgIpc) is 1.69. The van der Waals surface area contributed by atoms with E-state index >= 15 is 0 Å². The molecule has 0 radical (unpaired) electrons. The molecule has 0 aliphatic carbocycles. The molecule has 0 fully saturated rings. The molecule has 0 amide bonds. The standard InChI is InChI=1S/C4H8N2O/c1-2-3-5-4-6-7/h2-3,5H,4H2,1H3/b3-2-. The molecule has 40 valence electrons. The number of allylic oxidation sites excluding steroid dienone is 1. The number of hydrogen-bond acceptors (Lipinski definition) is 3. The molecule has 3 heteroatoms. The minimum absolute atomic E-state index is 0.157. The molecule has 7 heavy (non-hydrogen) atoms. The molecule has 0 unspecified atom stereocenters. The first-order valence-corrected chi connectivity index (χ1v) is 2.05. The van der Waals surface area contributed by atoms with E-state index in [0.717, 1.165) is 0 Å². The first-order valence-electron chi connectivity index (χ1n) is 2.05. The van der Waals surface area contributed by atoms with Gasteiger partial charge in [0.1, 0.15) is 6.67 Å². The first kappa shape index (κ1) is 6.14. The number of rotatable bonds is 3. The van der Waals surface area contributed by atoms with E-state index in [4.69, 9.17) is 0 Å². The molecule has 0 heterocycles. The fourth-order valence-electron chi connectivity index (χ4n) is 0.208.